The Morgan fingerprint density at radius 2 is 1.65 bits per heavy atom. The smallest absolute Gasteiger partial charge is 0.247 e. The molecule has 2 aliphatic rings. The Labute approximate surface area is 202 Å². The second-order valence-corrected chi connectivity index (χ2v) is 9.60. The molecule has 0 aromatic heterocycles. The van der Waals surface area contributed by atoms with Crippen molar-refractivity contribution in [3.63, 3.8) is 0 Å². The third-order valence-electron chi connectivity index (χ3n) is 6.03. The summed E-state index contributed by atoms with van der Waals surface area (Å²) in [7, 11) is 0. The van der Waals surface area contributed by atoms with Crippen molar-refractivity contribution in [2.75, 3.05) is 4.90 Å². The third-order valence-corrected chi connectivity index (χ3v) is 7.09. The zero-order chi connectivity index (χ0) is 23.7. The number of benzene rings is 3. The van der Waals surface area contributed by atoms with Crippen LogP contribution in [-0.4, -0.2) is 33.0 Å². The van der Waals surface area contributed by atoms with Crippen LogP contribution in [0, 0.1) is 12.3 Å². The lowest BCUT2D eigenvalue weighted by atomic mass is 9.99. The van der Waals surface area contributed by atoms with Crippen molar-refractivity contribution in [1.29, 1.82) is 5.41 Å². The minimum atomic E-state index is -0.645. The molecule has 1 N–H and O–H groups in total. The summed E-state index contributed by atoms with van der Waals surface area (Å²) in [5.41, 5.74) is 4.53. The van der Waals surface area contributed by atoms with Crippen LogP contribution in [0.1, 0.15) is 35.6 Å². The number of amides is 2. The lowest BCUT2D eigenvalue weighted by molar-refractivity contribution is -0.121. The normalized spacial score (nSPS) is 20.1. The van der Waals surface area contributed by atoms with Gasteiger partial charge in [-0.3, -0.25) is 15.0 Å². The van der Waals surface area contributed by atoms with Crippen LogP contribution in [0.25, 0.3) is 0 Å². The highest BCUT2D eigenvalue weighted by Gasteiger charge is 2.42. The summed E-state index contributed by atoms with van der Waals surface area (Å²) in [6, 6.07) is 27.1. The van der Waals surface area contributed by atoms with Gasteiger partial charge in [0.2, 0.25) is 11.8 Å². The molecule has 3 aromatic carbocycles. The van der Waals surface area contributed by atoms with Crippen LogP contribution >= 0.6 is 11.8 Å². The molecule has 6 nitrogen and oxygen atoms in total. The maximum Gasteiger partial charge on any atom is 0.247 e. The average Bonchev–Trinajstić information content (AvgIpc) is 3.41. The van der Waals surface area contributed by atoms with Gasteiger partial charge in [-0.05, 0) is 35.7 Å². The fraction of sp³-hybridized carbons (Fsp3) is 0.185. The summed E-state index contributed by atoms with van der Waals surface area (Å²) in [4.78, 5) is 27.1. The van der Waals surface area contributed by atoms with Crippen LogP contribution in [0.4, 0.5) is 5.69 Å². The van der Waals surface area contributed by atoms with E-state index in [1.165, 1.54) is 4.90 Å². The van der Waals surface area contributed by atoms with Crippen molar-refractivity contribution in [3.8, 4) is 0 Å². The number of hydrazone groups is 1. The lowest BCUT2D eigenvalue weighted by Gasteiger charge is -2.24. The molecule has 1 fully saturated rings. The molecule has 170 valence electrons. The first-order chi connectivity index (χ1) is 16.5. The van der Waals surface area contributed by atoms with Gasteiger partial charge in [0, 0.05) is 12.8 Å². The summed E-state index contributed by atoms with van der Waals surface area (Å²) in [5, 5.41) is 14.8. The van der Waals surface area contributed by atoms with Gasteiger partial charge in [0.05, 0.1) is 17.4 Å². The van der Waals surface area contributed by atoms with Gasteiger partial charge in [-0.15, -0.1) is 0 Å². The lowest BCUT2D eigenvalue weighted by Crippen LogP contribution is -2.32. The van der Waals surface area contributed by atoms with Gasteiger partial charge in [-0.1, -0.05) is 84.6 Å². The highest BCUT2D eigenvalue weighted by molar-refractivity contribution is 8.14. The molecule has 2 atom stereocenters. The number of rotatable bonds is 4. The maximum atomic E-state index is 13.1. The average molecular weight is 469 g/mol. The minimum absolute atomic E-state index is 0.0684. The molecule has 0 spiro atoms. The molecule has 5 rings (SSSR count). The van der Waals surface area contributed by atoms with Gasteiger partial charge in [-0.25, -0.2) is 9.91 Å². The molecule has 0 bridgehead atoms. The van der Waals surface area contributed by atoms with Gasteiger partial charge in [-0.2, -0.15) is 5.10 Å². The summed E-state index contributed by atoms with van der Waals surface area (Å²) < 4.78 is 0. The van der Waals surface area contributed by atoms with Crippen molar-refractivity contribution >= 4 is 40.1 Å². The van der Waals surface area contributed by atoms with E-state index in [1.54, 1.807) is 11.1 Å². The Kier molecular flexibility index (Phi) is 6.02. The molecule has 0 aliphatic carbocycles. The van der Waals surface area contributed by atoms with E-state index in [2.05, 4.69) is 0 Å². The quantitative estimate of drug-likeness (QED) is 0.327. The van der Waals surface area contributed by atoms with E-state index >= 15 is 0 Å². The Morgan fingerprint density at radius 3 is 2.35 bits per heavy atom. The standard InChI is InChI=1S/C27H24N4O2S/c1-18-9-8-14-21(15-18)30-25(32)17-24(26(30)33)34-27(28)31-23(20-12-6-3-7-13-20)16-22(29-31)19-10-4-2-5-11-19/h2-15,23-24,28H,16-17H2,1H3/t23-,24-/m0/s1. The van der Waals surface area contributed by atoms with Crippen LogP contribution in [0.15, 0.2) is 90.0 Å². The second kappa shape index (κ2) is 9.27. The molecule has 34 heavy (non-hydrogen) atoms. The number of imide groups is 1. The van der Waals surface area contributed by atoms with Gasteiger partial charge in [0.15, 0.2) is 5.17 Å². The van der Waals surface area contributed by atoms with Gasteiger partial charge in [0.1, 0.15) is 5.25 Å². The number of carbonyl (C=O) groups excluding carboxylic acids is 2. The second-order valence-electron chi connectivity index (χ2n) is 8.41. The zero-order valence-electron chi connectivity index (χ0n) is 18.7. The number of carbonyl (C=O) groups is 2. The Balaban J connectivity index is 1.39. The fourth-order valence-corrected chi connectivity index (χ4v) is 5.34. The summed E-state index contributed by atoms with van der Waals surface area (Å²) in [6.07, 6.45) is 0.725. The number of hydrogen-bond acceptors (Lipinski definition) is 5. The van der Waals surface area contributed by atoms with Crippen LogP contribution < -0.4 is 4.90 Å². The first kappa shape index (κ1) is 22.1. The predicted octanol–water partition coefficient (Wildman–Crippen LogP) is 5.15. The molecule has 3 aromatic rings. The topological polar surface area (TPSA) is 76.8 Å². The molecule has 2 heterocycles. The zero-order valence-corrected chi connectivity index (χ0v) is 19.5. The number of nitrogens with one attached hydrogen (secondary N) is 1. The maximum absolute atomic E-state index is 13.1. The molecule has 2 aliphatic heterocycles. The Hall–Kier alpha value is -3.71. The van der Waals surface area contributed by atoms with Crippen molar-refractivity contribution in [1.82, 2.24) is 5.01 Å². The number of thioether (sulfide) groups is 1. The largest absolute Gasteiger partial charge is 0.277 e. The van der Waals surface area contributed by atoms with E-state index in [-0.39, 0.29) is 29.4 Å². The van der Waals surface area contributed by atoms with E-state index in [4.69, 9.17) is 10.5 Å². The summed E-state index contributed by atoms with van der Waals surface area (Å²) in [5.74, 6) is -0.525. The van der Waals surface area contributed by atoms with E-state index in [1.807, 2.05) is 85.8 Å². The van der Waals surface area contributed by atoms with Crippen LogP contribution in [0.5, 0.6) is 0 Å². The highest BCUT2D eigenvalue weighted by atomic mass is 32.2. The molecule has 2 amide bonds. The Bertz CT molecular complexity index is 1280. The molecule has 1 saturated heterocycles. The van der Waals surface area contributed by atoms with Crippen molar-refractivity contribution in [3.05, 3.63) is 102 Å². The molecular weight excluding hydrogens is 444 g/mol. The van der Waals surface area contributed by atoms with Crippen LogP contribution in [0.2, 0.25) is 0 Å². The SMILES string of the molecule is Cc1cccc(N2C(=O)C[C@H](SC(=N)N3N=C(c4ccccc4)C[C@H]3c3ccccc3)C2=O)c1. The van der Waals surface area contributed by atoms with Crippen molar-refractivity contribution < 1.29 is 9.59 Å². The molecule has 0 unspecified atom stereocenters. The fourth-order valence-electron chi connectivity index (χ4n) is 4.36. The number of nitrogens with zero attached hydrogens (tertiary/aromatic N) is 3. The number of hydrogen-bond donors (Lipinski definition) is 1. The van der Waals surface area contributed by atoms with Gasteiger partial charge < -0.3 is 0 Å². The monoisotopic (exact) mass is 468 g/mol. The minimum Gasteiger partial charge on any atom is -0.277 e. The van der Waals surface area contributed by atoms with Crippen molar-refractivity contribution in [2.24, 2.45) is 5.10 Å². The van der Waals surface area contributed by atoms with E-state index in [0.717, 1.165) is 34.2 Å². The van der Waals surface area contributed by atoms with Gasteiger partial charge in [0.25, 0.3) is 0 Å². The molecular formula is C27H24N4O2S. The Morgan fingerprint density at radius 1 is 0.941 bits per heavy atom. The highest BCUT2D eigenvalue weighted by Crippen LogP contribution is 2.37. The van der Waals surface area contributed by atoms with Gasteiger partial charge >= 0.3 is 0 Å². The number of amidine groups is 1. The molecule has 7 heteroatoms. The summed E-state index contributed by atoms with van der Waals surface area (Å²) in [6.45, 7) is 1.93. The number of anilines is 1. The van der Waals surface area contributed by atoms with Crippen molar-refractivity contribution in [2.45, 2.75) is 31.1 Å². The van der Waals surface area contributed by atoms with E-state index < -0.39 is 5.25 Å². The predicted molar refractivity (Wildman–Crippen MR) is 136 cm³/mol. The van der Waals surface area contributed by atoms with E-state index in [9.17, 15) is 9.59 Å². The first-order valence-electron chi connectivity index (χ1n) is 11.2. The molecule has 0 saturated carbocycles. The summed E-state index contributed by atoms with van der Waals surface area (Å²) >= 11 is 1.10. The molecule has 0 radical (unpaired) electrons. The first-order valence-corrected chi connectivity index (χ1v) is 12.0. The third kappa shape index (κ3) is 4.26. The van der Waals surface area contributed by atoms with E-state index in [0.29, 0.717) is 12.1 Å². The number of aryl methyl sites for hydroxylation is 1. The van der Waals surface area contributed by atoms with Crippen LogP contribution in [-0.2, 0) is 9.59 Å². The van der Waals surface area contributed by atoms with Crippen LogP contribution in [0.3, 0.4) is 0 Å².